The molecular weight excluding hydrogens is 291 g/mol. The van der Waals surface area contributed by atoms with E-state index in [9.17, 15) is 12.8 Å². The van der Waals surface area contributed by atoms with E-state index in [4.69, 9.17) is 0 Å². The summed E-state index contributed by atoms with van der Waals surface area (Å²) in [6.07, 6.45) is 5.20. The molecule has 2 fully saturated rings. The van der Waals surface area contributed by atoms with Crippen LogP contribution in [0.15, 0.2) is 24.3 Å². The first kappa shape index (κ1) is 14.9. The van der Waals surface area contributed by atoms with Gasteiger partial charge in [-0.15, -0.1) is 0 Å². The average molecular weight is 312 g/mol. The van der Waals surface area contributed by atoms with E-state index < -0.39 is 10.0 Å². The zero-order valence-corrected chi connectivity index (χ0v) is 12.8. The predicted octanol–water partition coefficient (Wildman–Crippen LogP) is 1.92. The number of hydrogen-bond acceptors (Lipinski definition) is 3. The fourth-order valence-electron chi connectivity index (χ4n) is 3.34. The Labute approximate surface area is 125 Å². The van der Waals surface area contributed by atoms with Gasteiger partial charge in [0.15, 0.2) is 0 Å². The molecule has 1 spiro atoms. The number of piperidine rings is 1. The molecular formula is C15H21FN2O2S. The Morgan fingerprint density at radius 3 is 2.62 bits per heavy atom. The molecule has 3 rings (SSSR count). The van der Waals surface area contributed by atoms with Gasteiger partial charge in [0.1, 0.15) is 5.82 Å². The van der Waals surface area contributed by atoms with Crippen molar-refractivity contribution in [3.8, 4) is 0 Å². The zero-order valence-electron chi connectivity index (χ0n) is 11.9. The van der Waals surface area contributed by atoms with Gasteiger partial charge in [0.05, 0.1) is 5.75 Å². The molecule has 0 aromatic heterocycles. The third-order valence-electron chi connectivity index (χ3n) is 4.56. The van der Waals surface area contributed by atoms with Crippen molar-refractivity contribution in [2.75, 3.05) is 6.54 Å². The van der Waals surface area contributed by atoms with Crippen LogP contribution >= 0.6 is 0 Å². The van der Waals surface area contributed by atoms with E-state index in [0.717, 1.165) is 32.2 Å². The Morgan fingerprint density at radius 1 is 1.29 bits per heavy atom. The lowest BCUT2D eigenvalue weighted by Crippen LogP contribution is -2.59. The number of rotatable bonds is 4. The number of halogens is 1. The summed E-state index contributed by atoms with van der Waals surface area (Å²) in [6.45, 7) is 0.865. The second kappa shape index (κ2) is 5.66. The van der Waals surface area contributed by atoms with Gasteiger partial charge < -0.3 is 5.32 Å². The van der Waals surface area contributed by atoms with Crippen LogP contribution in [0.25, 0.3) is 0 Å². The number of hydrogen-bond donors (Lipinski definition) is 2. The van der Waals surface area contributed by atoms with Crippen molar-refractivity contribution in [1.82, 2.24) is 10.0 Å². The predicted molar refractivity (Wildman–Crippen MR) is 79.8 cm³/mol. The maximum atomic E-state index is 12.9. The molecule has 1 saturated heterocycles. The molecule has 2 N–H and O–H groups in total. The van der Waals surface area contributed by atoms with Crippen LogP contribution in [-0.4, -0.2) is 26.5 Å². The lowest BCUT2D eigenvalue weighted by molar-refractivity contribution is 0.126. The summed E-state index contributed by atoms with van der Waals surface area (Å²) in [5.74, 6) is -0.445. The van der Waals surface area contributed by atoms with Crippen molar-refractivity contribution in [2.45, 2.75) is 49.4 Å². The van der Waals surface area contributed by atoms with Gasteiger partial charge >= 0.3 is 0 Å². The lowest BCUT2D eigenvalue weighted by Gasteiger charge is -2.48. The molecule has 0 radical (unpaired) electrons. The highest BCUT2D eigenvalue weighted by atomic mass is 32.2. The van der Waals surface area contributed by atoms with Crippen LogP contribution in [0.1, 0.15) is 37.7 Å². The smallest absolute Gasteiger partial charge is 0.216 e. The van der Waals surface area contributed by atoms with Crippen molar-refractivity contribution in [2.24, 2.45) is 0 Å². The van der Waals surface area contributed by atoms with Gasteiger partial charge in [-0.05, 0) is 56.3 Å². The van der Waals surface area contributed by atoms with Gasteiger partial charge in [-0.3, -0.25) is 0 Å². The van der Waals surface area contributed by atoms with Crippen LogP contribution in [0.3, 0.4) is 0 Å². The summed E-state index contributed by atoms with van der Waals surface area (Å²) in [6, 6.07) is 5.63. The quantitative estimate of drug-likeness (QED) is 0.893. The van der Waals surface area contributed by atoms with Crippen LogP contribution in [0.5, 0.6) is 0 Å². The van der Waals surface area contributed by atoms with E-state index in [2.05, 4.69) is 10.0 Å². The minimum absolute atomic E-state index is 0.0111. The molecule has 0 amide bonds. The molecule has 116 valence electrons. The molecule has 4 nitrogen and oxygen atoms in total. The van der Waals surface area contributed by atoms with Gasteiger partial charge in [0.2, 0.25) is 10.0 Å². The second-order valence-electron chi connectivity index (χ2n) is 6.25. The van der Waals surface area contributed by atoms with E-state index in [-0.39, 0.29) is 23.2 Å². The molecule has 1 aromatic carbocycles. The van der Waals surface area contributed by atoms with Crippen molar-refractivity contribution >= 4 is 10.0 Å². The molecule has 1 heterocycles. The Hall–Kier alpha value is -0.980. The van der Waals surface area contributed by atoms with Gasteiger partial charge in [-0.1, -0.05) is 12.1 Å². The van der Waals surface area contributed by atoms with Crippen molar-refractivity contribution in [1.29, 1.82) is 0 Å². The summed E-state index contributed by atoms with van der Waals surface area (Å²) in [4.78, 5) is 0. The number of nitrogens with one attached hydrogen (secondary N) is 2. The molecule has 1 aliphatic heterocycles. The summed E-state index contributed by atoms with van der Waals surface area (Å²) in [5.41, 5.74) is 0.776. The lowest BCUT2D eigenvalue weighted by atomic mass is 9.70. The van der Waals surface area contributed by atoms with Crippen LogP contribution in [0, 0.1) is 5.82 Å². The van der Waals surface area contributed by atoms with Crippen molar-refractivity contribution in [3.63, 3.8) is 0 Å². The van der Waals surface area contributed by atoms with E-state index >= 15 is 0 Å². The van der Waals surface area contributed by atoms with Gasteiger partial charge in [-0.25, -0.2) is 17.5 Å². The van der Waals surface area contributed by atoms with Gasteiger partial charge in [0, 0.05) is 11.6 Å². The Morgan fingerprint density at radius 2 is 2.00 bits per heavy atom. The molecule has 1 saturated carbocycles. The monoisotopic (exact) mass is 312 g/mol. The summed E-state index contributed by atoms with van der Waals surface area (Å²) < 4.78 is 40.2. The number of benzene rings is 1. The first-order chi connectivity index (χ1) is 9.96. The Bertz CT molecular complexity index is 597. The van der Waals surface area contributed by atoms with E-state index in [0.29, 0.717) is 5.56 Å². The van der Waals surface area contributed by atoms with Crippen LogP contribution in [0.2, 0.25) is 0 Å². The van der Waals surface area contributed by atoms with Crippen LogP contribution < -0.4 is 10.0 Å². The van der Waals surface area contributed by atoms with Gasteiger partial charge in [-0.2, -0.15) is 0 Å². The highest BCUT2D eigenvalue weighted by molar-refractivity contribution is 7.88. The topological polar surface area (TPSA) is 58.2 Å². The van der Waals surface area contributed by atoms with Crippen LogP contribution in [-0.2, 0) is 15.8 Å². The van der Waals surface area contributed by atoms with Crippen LogP contribution in [0.4, 0.5) is 4.39 Å². The molecule has 6 heteroatoms. The molecule has 1 aromatic rings. The first-order valence-electron chi connectivity index (χ1n) is 7.46. The standard InChI is InChI=1S/C15H21FN2O2S/c16-13-4-2-12(3-5-13)11-21(19,20)18-14-6-9-17-15(10-14)7-1-8-15/h2-5,14,17-18H,1,6-11H2. The molecule has 1 aliphatic carbocycles. The van der Waals surface area contributed by atoms with E-state index in [1.165, 1.54) is 30.7 Å². The fourth-order valence-corrected chi connectivity index (χ4v) is 4.76. The normalized spacial score (nSPS) is 24.7. The molecule has 1 unspecified atom stereocenters. The second-order valence-corrected chi connectivity index (χ2v) is 8.01. The van der Waals surface area contributed by atoms with Gasteiger partial charge in [0.25, 0.3) is 0 Å². The maximum Gasteiger partial charge on any atom is 0.216 e. The summed E-state index contributed by atoms with van der Waals surface area (Å²) >= 11 is 0. The Balaban J connectivity index is 1.61. The summed E-state index contributed by atoms with van der Waals surface area (Å²) in [5, 5.41) is 3.53. The minimum atomic E-state index is -3.38. The third-order valence-corrected chi connectivity index (χ3v) is 5.96. The van der Waals surface area contributed by atoms with Crippen molar-refractivity contribution < 1.29 is 12.8 Å². The first-order valence-corrected chi connectivity index (χ1v) is 9.11. The maximum absolute atomic E-state index is 12.9. The highest BCUT2D eigenvalue weighted by Gasteiger charge is 2.41. The average Bonchev–Trinajstić information content (AvgIpc) is 2.39. The third kappa shape index (κ3) is 3.62. The van der Waals surface area contributed by atoms with Crippen molar-refractivity contribution in [3.05, 3.63) is 35.6 Å². The molecule has 1 atom stereocenters. The number of sulfonamides is 1. The molecule has 21 heavy (non-hydrogen) atoms. The molecule has 0 bridgehead atoms. The SMILES string of the molecule is O=S(=O)(Cc1ccc(F)cc1)NC1CCNC2(CCC2)C1. The fraction of sp³-hybridized carbons (Fsp3) is 0.600. The largest absolute Gasteiger partial charge is 0.311 e. The highest BCUT2D eigenvalue weighted by Crippen LogP contribution is 2.38. The Kier molecular flexibility index (Phi) is 4.03. The van der Waals surface area contributed by atoms with E-state index in [1.54, 1.807) is 0 Å². The zero-order chi connectivity index (χ0) is 14.9. The minimum Gasteiger partial charge on any atom is -0.311 e. The summed E-state index contributed by atoms with van der Waals surface area (Å²) in [7, 11) is -3.38. The molecule has 2 aliphatic rings. The van der Waals surface area contributed by atoms with E-state index in [1.807, 2.05) is 0 Å².